The number of hydrogen-bond donors (Lipinski definition) is 0. The molecule has 0 amide bonds. The first kappa shape index (κ1) is 12.8. The molecule has 0 rings (SSSR count). The Morgan fingerprint density at radius 1 is 1.54 bits per heavy atom. The summed E-state index contributed by atoms with van der Waals surface area (Å²) in [6, 6.07) is 0. The van der Waals surface area contributed by atoms with Gasteiger partial charge in [0.2, 0.25) is 0 Å². The third kappa shape index (κ3) is 8.12. The van der Waals surface area contributed by atoms with E-state index < -0.39 is 0 Å². The topological polar surface area (TPSA) is 29.5 Å². The van der Waals surface area contributed by atoms with E-state index in [4.69, 9.17) is 4.74 Å². The molecule has 0 aromatic heterocycles. The molecule has 0 saturated heterocycles. The summed E-state index contributed by atoms with van der Waals surface area (Å²) in [6.45, 7) is 3.32. The van der Waals surface area contributed by atoms with Crippen LogP contribution < -0.4 is 0 Å². The highest BCUT2D eigenvalue weighted by Gasteiger charge is 2.06. The van der Waals surface area contributed by atoms with E-state index in [9.17, 15) is 4.79 Å². The maximum Gasteiger partial charge on any atom is 0.307 e. The van der Waals surface area contributed by atoms with Crippen molar-refractivity contribution < 1.29 is 9.53 Å². The van der Waals surface area contributed by atoms with E-state index in [1.54, 1.807) is 11.8 Å². The highest BCUT2D eigenvalue weighted by atomic mass is 32.2. The molecule has 78 valence electrons. The summed E-state index contributed by atoms with van der Waals surface area (Å²) in [5, 5.41) is 0.392. The molecule has 0 spiro atoms. The number of thioether (sulfide) groups is 1. The molecule has 0 aliphatic heterocycles. The molecule has 0 fully saturated rings. The Morgan fingerprint density at radius 2 is 2.15 bits per heavy atom. The first-order valence-corrected chi connectivity index (χ1v) is 5.68. The van der Waals surface area contributed by atoms with E-state index in [-0.39, 0.29) is 5.97 Å². The van der Waals surface area contributed by atoms with Crippen LogP contribution in [-0.2, 0) is 9.53 Å². The number of carbonyl (C=O) groups excluding carboxylic acids is 1. The van der Waals surface area contributed by atoms with Gasteiger partial charge in [0.15, 0.2) is 0 Å². The fourth-order valence-corrected chi connectivity index (χ4v) is 0.870. The molecule has 13 heavy (non-hydrogen) atoms. The molecule has 3 nitrogen and oxygen atoms in total. The van der Waals surface area contributed by atoms with Crippen LogP contribution in [0, 0.1) is 0 Å². The second kappa shape index (κ2) is 7.21. The summed E-state index contributed by atoms with van der Waals surface area (Å²) in [7, 11) is 3.88. The van der Waals surface area contributed by atoms with Gasteiger partial charge in [-0.25, -0.2) is 0 Å². The summed E-state index contributed by atoms with van der Waals surface area (Å²) in [5.41, 5.74) is 0. The molecule has 0 aliphatic carbocycles. The van der Waals surface area contributed by atoms with Gasteiger partial charge in [-0.2, -0.15) is 11.8 Å². The Kier molecular flexibility index (Phi) is 7.09. The zero-order valence-corrected chi connectivity index (χ0v) is 9.69. The molecule has 1 unspecified atom stereocenters. The lowest BCUT2D eigenvalue weighted by atomic mass is 10.4. The van der Waals surface area contributed by atoms with Gasteiger partial charge < -0.3 is 9.64 Å². The molecule has 0 saturated carbocycles. The van der Waals surface area contributed by atoms with Crippen LogP contribution in [0.15, 0.2) is 0 Å². The summed E-state index contributed by atoms with van der Waals surface area (Å²) in [4.78, 5) is 13.1. The minimum Gasteiger partial charge on any atom is -0.464 e. The summed E-state index contributed by atoms with van der Waals surface area (Å²) in [5.74, 6) is -0.102. The Hall–Kier alpha value is -0.220. The van der Waals surface area contributed by atoms with Gasteiger partial charge in [0.1, 0.15) is 6.61 Å². The van der Waals surface area contributed by atoms with Gasteiger partial charge in [0.05, 0.1) is 6.42 Å². The van der Waals surface area contributed by atoms with Crippen molar-refractivity contribution in [3.8, 4) is 0 Å². The zero-order chi connectivity index (χ0) is 10.3. The maximum absolute atomic E-state index is 11.1. The van der Waals surface area contributed by atoms with Gasteiger partial charge in [-0.05, 0) is 20.4 Å². The number of hydrogen-bond acceptors (Lipinski definition) is 4. The van der Waals surface area contributed by atoms with E-state index in [1.807, 2.05) is 32.2 Å². The van der Waals surface area contributed by atoms with Crippen LogP contribution in [0.2, 0.25) is 0 Å². The molecule has 4 heteroatoms. The molecule has 0 N–H and O–H groups in total. The molecule has 0 aromatic carbocycles. The second-order valence-corrected chi connectivity index (χ2v) is 4.56. The van der Waals surface area contributed by atoms with Crippen LogP contribution in [0.5, 0.6) is 0 Å². The van der Waals surface area contributed by atoms with Gasteiger partial charge >= 0.3 is 5.97 Å². The molecule has 0 bridgehead atoms. The van der Waals surface area contributed by atoms with E-state index >= 15 is 0 Å². The second-order valence-electron chi connectivity index (χ2n) is 3.28. The Labute approximate surface area is 84.8 Å². The average molecular weight is 205 g/mol. The number of rotatable bonds is 6. The number of carbonyl (C=O) groups is 1. The SMILES string of the molecule is CSC(C)COC(=O)CCN(C)C. The van der Waals surface area contributed by atoms with Gasteiger partial charge in [0.25, 0.3) is 0 Å². The Bertz CT molecular complexity index is 151. The van der Waals surface area contributed by atoms with Gasteiger partial charge in [-0.3, -0.25) is 4.79 Å². The molecule has 1 atom stereocenters. The van der Waals surface area contributed by atoms with Crippen molar-refractivity contribution in [3.63, 3.8) is 0 Å². The van der Waals surface area contributed by atoms with Crippen molar-refractivity contribution in [3.05, 3.63) is 0 Å². The van der Waals surface area contributed by atoms with Gasteiger partial charge in [-0.15, -0.1) is 0 Å². The third-order valence-corrected chi connectivity index (χ3v) is 2.59. The molecule has 0 heterocycles. The predicted octanol–water partition coefficient (Wildman–Crippen LogP) is 1.23. The fraction of sp³-hybridized carbons (Fsp3) is 0.889. The van der Waals surface area contributed by atoms with Crippen molar-refractivity contribution in [1.29, 1.82) is 0 Å². The standard InChI is InChI=1S/C9H19NO2S/c1-8(13-4)7-12-9(11)5-6-10(2)3/h8H,5-7H2,1-4H3. The van der Waals surface area contributed by atoms with Gasteiger partial charge in [0, 0.05) is 11.8 Å². The molecule has 0 radical (unpaired) electrons. The largest absolute Gasteiger partial charge is 0.464 e. The van der Waals surface area contributed by atoms with Crippen LogP contribution in [0.4, 0.5) is 0 Å². The van der Waals surface area contributed by atoms with Crippen molar-refractivity contribution in [1.82, 2.24) is 4.90 Å². The van der Waals surface area contributed by atoms with Crippen LogP contribution >= 0.6 is 11.8 Å². The molecule has 0 aromatic rings. The Morgan fingerprint density at radius 3 is 2.62 bits per heavy atom. The van der Waals surface area contributed by atoms with Crippen LogP contribution in [0.3, 0.4) is 0 Å². The van der Waals surface area contributed by atoms with Crippen LogP contribution in [0.25, 0.3) is 0 Å². The first-order valence-electron chi connectivity index (χ1n) is 4.39. The van der Waals surface area contributed by atoms with Gasteiger partial charge in [-0.1, -0.05) is 6.92 Å². The van der Waals surface area contributed by atoms with Crippen molar-refractivity contribution in [2.45, 2.75) is 18.6 Å². The van der Waals surface area contributed by atoms with Crippen molar-refractivity contribution in [2.75, 3.05) is 33.5 Å². The lowest BCUT2D eigenvalue weighted by Crippen LogP contribution is -2.20. The molecular formula is C9H19NO2S. The van der Waals surface area contributed by atoms with E-state index in [0.717, 1.165) is 6.54 Å². The van der Waals surface area contributed by atoms with Crippen molar-refractivity contribution >= 4 is 17.7 Å². The average Bonchev–Trinajstić information content (AvgIpc) is 2.10. The van der Waals surface area contributed by atoms with E-state index in [1.165, 1.54) is 0 Å². The van der Waals surface area contributed by atoms with Crippen LogP contribution in [0.1, 0.15) is 13.3 Å². The van der Waals surface area contributed by atoms with Crippen molar-refractivity contribution in [2.24, 2.45) is 0 Å². The maximum atomic E-state index is 11.1. The smallest absolute Gasteiger partial charge is 0.307 e. The number of ether oxygens (including phenoxy) is 1. The minimum atomic E-state index is -0.102. The minimum absolute atomic E-state index is 0.102. The molecule has 0 aliphatic rings. The highest BCUT2D eigenvalue weighted by Crippen LogP contribution is 2.05. The zero-order valence-electron chi connectivity index (χ0n) is 8.87. The summed E-state index contributed by atoms with van der Waals surface area (Å²) in [6.07, 6.45) is 2.49. The summed E-state index contributed by atoms with van der Waals surface area (Å²) >= 11 is 1.70. The normalized spacial score (nSPS) is 13.0. The third-order valence-electron chi connectivity index (χ3n) is 1.64. The number of nitrogens with zero attached hydrogens (tertiary/aromatic N) is 1. The monoisotopic (exact) mass is 205 g/mol. The lowest BCUT2D eigenvalue weighted by Gasteiger charge is -2.11. The predicted molar refractivity (Wildman–Crippen MR) is 57.1 cm³/mol. The number of esters is 1. The van der Waals surface area contributed by atoms with E-state index in [0.29, 0.717) is 18.3 Å². The molecular weight excluding hydrogens is 186 g/mol. The Balaban J connectivity index is 3.40. The fourth-order valence-electron chi connectivity index (χ4n) is 0.665. The first-order chi connectivity index (χ1) is 6.06. The quantitative estimate of drug-likeness (QED) is 0.610. The lowest BCUT2D eigenvalue weighted by molar-refractivity contribution is -0.143. The summed E-state index contributed by atoms with van der Waals surface area (Å²) < 4.78 is 5.06. The van der Waals surface area contributed by atoms with E-state index in [2.05, 4.69) is 0 Å². The highest BCUT2D eigenvalue weighted by molar-refractivity contribution is 7.99. The van der Waals surface area contributed by atoms with Crippen LogP contribution in [-0.4, -0.2) is 49.6 Å².